The first-order chi connectivity index (χ1) is 12.6. The lowest BCUT2D eigenvalue weighted by molar-refractivity contribution is 0.100. The van der Waals surface area contributed by atoms with Gasteiger partial charge in [0.25, 0.3) is 5.91 Å². The van der Waals surface area contributed by atoms with Gasteiger partial charge in [-0.3, -0.25) is 14.9 Å². The predicted molar refractivity (Wildman–Crippen MR) is 101 cm³/mol. The molecule has 0 aliphatic heterocycles. The van der Waals surface area contributed by atoms with Crippen LogP contribution in [0.4, 0.5) is 5.82 Å². The van der Waals surface area contributed by atoms with Crippen LogP contribution in [-0.4, -0.2) is 28.1 Å². The number of aromatic amines is 1. The van der Waals surface area contributed by atoms with Crippen molar-refractivity contribution in [2.75, 3.05) is 12.4 Å². The molecule has 1 aliphatic carbocycles. The first-order valence-corrected chi connectivity index (χ1v) is 8.62. The summed E-state index contributed by atoms with van der Waals surface area (Å²) in [6.45, 7) is 0. The third-order valence-electron chi connectivity index (χ3n) is 4.45. The minimum atomic E-state index is -0.604. The average molecular weight is 366 g/mol. The zero-order chi connectivity index (χ0) is 18.3. The van der Waals surface area contributed by atoms with Gasteiger partial charge in [-0.2, -0.15) is 5.10 Å². The minimum absolute atomic E-state index is 0.228. The molecule has 0 atom stereocenters. The van der Waals surface area contributed by atoms with Crippen molar-refractivity contribution in [2.45, 2.75) is 18.8 Å². The lowest BCUT2D eigenvalue weighted by Crippen LogP contribution is -2.13. The summed E-state index contributed by atoms with van der Waals surface area (Å²) in [7, 11) is 1.66. The molecule has 1 aliphatic rings. The Hall–Kier alpha value is -3.04. The molecule has 4 rings (SSSR count). The number of amides is 1. The number of halogens is 1. The summed E-state index contributed by atoms with van der Waals surface area (Å²) in [5, 5.41) is 11.1. The number of primary amides is 1. The Morgan fingerprint density at radius 3 is 2.88 bits per heavy atom. The Labute approximate surface area is 155 Å². The summed E-state index contributed by atoms with van der Waals surface area (Å²) in [5.74, 6) is 6.26. The fourth-order valence-electron chi connectivity index (χ4n) is 3.02. The van der Waals surface area contributed by atoms with Crippen LogP contribution in [-0.2, 0) is 0 Å². The number of fused-ring (bicyclic) bond motifs is 1. The van der Waals surface area contributed by atoms with Crippen molar-refractivity contribution in [1.29, 1.82) is 0 Å². The summed E-state index contributed by atoms with van der Waals surface area (Å²) < 4.78 is 0. The van der Waals surface area contributed by atoms with E-state index in [2.05, 4.69) is 38.4 Å². The Bertz CT molecular complexity index is 1090. The second kappa shape index (κ2) is 6.36. The van der Waals surface area contributed by atoms with Crippen LogP contribution in [0.15, 0.2) is 24.4 Å². The number of benzene rings is 1. The Kier molecular flexibility index (Phi) is 4.02. The Balaban J connectivity index is 1.78. The maximum absolute atomic E-state index is 11.6. The van der Waals surface area contributed by atoms with Gasteiger partial charge in [0.15, 0.2) is 5.82 Å². The number of carbonyl (C=O) groups is 1. The van der Waals surface area contributed by atoms with Crippen LogP contribution >= 0.6 is 11.6 Å². The van der Waals surface area contributed by atoms with Crippen molar-refractivity contribution < 1.29 is 4.79 Å². The number of pyridine rings is 1. The van der Waals surface area contributed by atoms with E-state index < -0.39 is 5.91 Å². The van der Waals surface area contributed by atoms with Crippen LogP contribution in [0.5, 0.6) is 0 Å². The number of nitrogens with two attached hydrogens (primary N) is 1. The largest absolute Gasteiger partial charge is 0.371 e. The van der Waals surface area contributed by atoms with Gasteiger partial charge < -0.3 is 11.1 Å². The summed E-state index contributed by atoms with van der Waals surface area (Å²) in [6.07, 6.45) is 4.24. The Morgan fingerprint density at radius 2 is 2.19 bits per heavy atom. The van der Waals surface area contributed by atoms with Gasteiger partial charge in [0.1, 0.15) is 11.3 Å². The number of nitrogens with one attached hydrogen (secondary N) is 2. The monoisotopic (exact) mass is 365 g/mol. The number of carbonyl (C=O) groups excluding carboxylic acids is 1. The molecule has 0 spiro atoms. The Morgan fingerprint density at radius 1 is 1.38 bits per heavy atom. The van der Waals surface area contributed by atoms with E-state index in [1.165, 1.54) is 18.4 Å². The van der Waals surface area contributed by atoms with Gasteiger partial charge in [-0.1, -0.05) is 17.5 Å². The summed E-state index contributed by atoms with van der Waals surface area (Å²) in [4.78, 5) is 16.1. The molecule has 6 nitrogen and oxygen atoms in total. The van der Waals surface area contributed by atoms with Crippen molar-refractivity contribution in [1.82, 2.24) is 15.2 Å². The molecule has 7 heteroatoms. The molecular formula is C19H16ClN5O. The van der Waals surface area contributed by atoms with Crippen molar-refractivity contribution in [3.05, 3.63) is 51.8 Å². The topological polar surface area (TPSA) is 96.7 Å². The van der Waals surface area contributed by atoms with Crippen LogP contribution in [0.2, 0.25) is 5.02 Å². The van der Waals surface area contributed by atoms with Gasteiger partial charge in [0, 0.05) is 24.2 Å². The molecule has 2 aromatic heterocycles. The van der Waals surface area contributed by atoms with Crippen LogP contribution in [0.1, 0.15) is 45.9 Å². The van der Waals surface area contributed by atoms with E-state index in [0.717, 1.165) is 10.9 Å². The molecule has 1 fully saturated rings. The van der Waals surface area contributed by atoms with E-state index in [0.29, 0.717) is 28.0 Å². The summed E-state index contributed by atoms with van der Waals surface area (Å²) in [6, 6.07) is 5.85. The zero-order valence-electron chi connectivity index (χ0n) is 14.1. The quantitative estimate of drug-likeness (QED) is 0.621. The maximum atomic E-state index is 11.6. The molecule has 0 saturated heterocycles. The molecule has 0 radical (unpaired) electrons. The van der Waals surface area contributed by atoms with E-state index >= 15 is 0 Å². The third kappa shape index (κ3) is 2.87. The number of hydrogen-bond acceptors (Lipinski definition) is 4. The van der Waals surface area contributed by atoms with Crippen molar-refractivity contribution in [3.63, 3.8) is 0 Å². The van der Waals surface area contributed by atoms with Crippen LogP contribution < -0.4 is 11.1 Å². The van der Waals surface area contributed by atoms with Gasteiger partial charge in [-0.15, -0.1) is 0 Å². The first kappa shape index (κ1) is 16.4. The van der Waals surface area contributed by atoms with E-state index in [1.807, 2.05) is 18.3 Å². The third-order valence-corrected chi connectivity index (χ3v) is 4.77. The van der Waals surface area contributed by atoms with E-state index in [4.69, 9.17) is 17.3 Å². The van der Waals surface area contributed by atoms with Gasteiger partial charge in [0.05, 0.1) is 10.5 Å². The molecule has 3 aromatic rings. The predicted octanol–water partition coefficient (Wildman–Crippen LogP) is 3.03. The highest BCUT2D eigenvalue weighted by Gasteiger charge is 2.25. The van der Waals surface area contributed by atoms with Crippen LogP contribution in [0.25, 0.3) is 10.9 Å². The fraction of sp³-hybridized carbons (Fsp3) is 0.211. The lowest BCUT2D eigenvalue weighted by atomic mass is 10.0. The summed E-state index contributed by atoms with van der Waals surface area (Å²) in [5.41, 5.74) is 8.78. The van der Waals surface area contributed by atoms with Crippen molar-refractivity contribution in [3.8, 4) is 11.8 Å². The number of rotatable bonds is 3. The van der Waals surface area contributed by atoms with E-state index in [-0.39, 0.29) is 5.56 Å². The zero-order valence-corrected chi connectivity index (χ0v) is 14.8. The van der Waals surface area contributed by atoms with Gasteiger partial charge in [0.2, 0.25) is 0 Å². The van der Waals surface area contributed by atoms with Crippen LogP contribution in [0, 0.1) is 11.8 Å². The minimum Gasteiger partial charge on any atom is -0.371 e. The second-order valence-corrected chi connectivity index (χ2v) is 6.62. The summed E-state index contributed by atoms with van der Waals surface area (Å²) >= 11 is 6.44. The van der Waals surface area contributed by atoms with Gasteiger partial charge in [-0.25, -0.2) is 0 Å². The van der Waals surface area contributed by atoms with Crippen molar-refractivity contribution >= 4 is 34.2 Å². The van der Waals surface area contributed by atoms with E-state index in [9.17, 15) is 4.79 Å². The average Bonchev–Trinajstić information content (AvgIpc) is 3.38. The highest BCUT2D eigenvalue weighted by molar-refractivity contribution is 6.32. The number of anilines is 1. The van der Waals surface area contributed by atoms with Gasteiger partial charge in [-0.05, 0) is 48.4 Å². The number of nitrogens with zero attached hydrogens (tertiary/aromatic N) is 2. The van der Waals surface area contributed by atoms with Gasteiger partial charge >= 0.3 is 0 Å². The SMILES string of the molecule is CNc1n[nH]c(C#Cc2cc3nccc(C4CC4)c3cc2Cl)c1C(N)=O. The normalized spacial score (nSPS) is 13.3. The van der Waals surface area contributed by atoms with Crippen LogP contribution in [0.3, 0.4) is 0 Å². The molecule has 1 amide bonds. The first-order valence-electron chi connectivity index (χ1n) is 8.24. The highest BCUT2D eigenvalue weighted by atomic mass is 35.5. The highest BCUT2D eigenvalue weighted by Crippen LogP contribution is 2.43. The molecular weight excluding hydrogens is 350 g/mol. The molecule has 26 heavy (non-hydrogen) atoms. The van der Waals surface area contributed by atoms with E-state index in [1.54, 1.807) is 7.05 Å². The van der Waals surface area contributed by atoms with Crippen molar-refractivity contribution in [2.24, 2.45) is 5.73 Å². The standard InChI is InChI=1S/C19H16ClN5O/c1-22-19-17(18(21)26)15(24-25-19)5-4-11-8-16-13(9-14(11)20)12(6-7-23-16)10-2-3-10/h6-10H,2-3H2,1H3,(H2,21,26)(H2,22,24,25). The fourth-order valence-corrected chi connectivity index (χ4v) is 3.23. The molecule has 4 N–H and O–H groups in total. The molecule has 0 unspecified atom stereocenters. The number of aromatic nitrogens is 3. The second-order valence-electron chi connectivity index (χ2n) is 6.21. The maximum Gasteiger partial charge on any atom is 0.255 e. The molecule has 1 saturated carbocycles. The molecule has 2 heterocycles. The molecule has 130 valence electrons. The molecule has 1 aromatic carbocycles. The number of H-pyrrole nitrogens is 1. The molecule has 0 bridgehead atoms. The number of hydrogen-bond donors (Lipinski definition) is 3. The lowest BCUT2D eigenvalue weighted by Gasteiger charge is -2.06. The smallest absolute Gasteiger partial charge is 0.255 e.